The van der Waals surface area contributed by atoms with Gasteiger partial charge < -0.3 is 62.8 Å². The number of piperidine rings is 1. The van der Waals surface area contributed by atoms with Crippen LogP contribution in [0.5, 0.6) is 0 Å². The smallest absolute Gasteiger partial charge is 0.405 e. The SMILES string of the molecule is Cc1ccc(CNCC(=O)N2CCC(NC(=O)[C@H](CC(C)C)N[C@H](CNC(=O)[C@H](Cc3ccccc3)NC(=O)CCCCCNC(=O)CN3CCN(CC(=O)O)CCN(CC(=O)O)CCN(CC(=O)O)CC3)C(F)(F)F)(C(=O)N[C@@H](Cc3c[nH]c4ccccc34)C(N)=O)CC2)cc1F. The predicted molar refractivity (Wildman–Crippen MR) is 354 cm³/mol. The van der Waals surface area contributed by atoms with Gasteiger partial charge in [-0.05, 0) is 79.3 Å². The number of carbonyl (C=O) groups is 10. The number of nitrogens with two attached hydrogens (primary N) is 1. The van der Waals surface area contributed by atoms with Gasteiger partial charge in [-0.25, -0.2) is 4.39 Å². The van der Waals surface area contributed by atoms with Crippen LogP contribution in [0.2, 0.25) is 0 Å². The van der Waals surface area contributed by atoms with Crippen molar-refractivity contribution >= 4 is 70.2 Å². The highest BCUT2D eigenvalue weighted by atomic mass is 19.4. The summed E-state index contributed by atoms with van der Waals surface area (Å²) in [6, 6.07) is 13.5. The van der Waals surface area contributed by atoms with Crippen LogP contribution in [-0.4, -0.2) is 251 Å². The second kappa shape index (κ2) is 38.5. The van der Waals surface area contributed by atoms with E-state index in [2.05, 4.69) is 42.2 Å². The summed E-state index contributed by atoms with van der Waals surface area (Å²) in [5, 5.41) is 48.0. The van der Waals surface area contributed by atoms with Crippen LogP contribution in [0.15, 0.2) is 79.0 Å². The number of aromatic amines is 1. The van der Waals surface area contributed by atoms with Crippen molar-refractivity contribution in [3.8, 4) is 0 Å². The van der Waals surface area contributed by atoms with Gasteiger partial charge in [0.25, 0.3) is 0 Å². The van der Waals surface area contributed by atoms with E-state index in [1.165, 1.54) is 11.0 Å². The van der Waals surface area contributed by atoms with E-state index in [1.54, 1.807) is 95.1 Å². The number of amides is 7. The molecule has 0 bridgehead atoms. The molecular formula is C67H94F4N14O13. The average Bonchev–Trinajstić information content (AvgIpc) is 1.59. The van der Waals surface area contributed by atoms with Crippen molar-refractivity contribution in [1.82, 2.24) is 66.7 Å². The van der Waals surface area contributed by atoms with Crippen molar-refractivity contribution in [2.45, 2.75) is 121 Å². The highest BCUT2D eigenvalue weighted by Crippen LogP contribution is 2.27. The number of nitrogens with one attached hydrogen (secondary N) is 8. The fourth-order valence-electron chi connectivity index (χ4n) is 11.8. The number of H-pyrrole nitrogens is 1. The van der Waals surface area contributed by atoms with E-state index in [4.69, 9.17) is 5.73 Å². The number of primary amides is 1. The molecule has 1 aromatic heterocycles. The van der Waals surface area contributed by atoms with Crippen LogP contribution < -0.4 is 43.0 Å². The zero-order chi connectivity index (χ0) is 71.5. The zero-order valence-corrected chi connectivity index (χ0v) is 55.7. The van der Waals surface area contributed by atoms with Crippen LogP contribution in [0.4, 0.5) is 17.6 Å². The minimum absolute atomic E-state index is 0.0696. The molecular weight excluding hydrogens is 1280 g/mol. The van der Waals surface area contributed by atoms with E-state index >= 15 is 13.2 Å². The number of carboxylic acid groups (broad SMARTS) is 3. The van der Waals surface area contributed by atoms with Gasteiger partial charge in [-0.15, -0.1) is 0 Å². The van der Waals surface area contributed by atoms with Crippen molar-refractivity contribution in [3.63, 3.8) is 0 Å². The number of para-hydroxylation sites is 1. The van der Waals surface area contributed by atoms with Gasteiger partial charge in [0.15, 0.2) is 0 Å². The maximum Gasteiger partial charge on any atom is 0.405 e. The van der Waals surface area contributed by atoms with Crippen LogP contribution >= 0.6 is 0 Å². The molecule has 13 N–H and O–H groups in total. The Hall–Kier alpha value is -8.62. The van der Waals surface area contributed by atoms with Crippen LogP contribution in [0.1, 0.15) is 81.0 Å². The molecule has 0 aliphatic carbocycles. The van der Waals surface area contributed by atoms with Crippen LogP contribution in [0.3, 0.4) is 0 Å². The maximum atomic E-state index is 15.3. The van der Waals surface area contributed by atoms with Crippen molar-refractivity contribution in [2.24, 2.45) is 11.7 Å². The van der Waals surface area contributed by atoms with Gasteiger partial charge in [-0.1, -0.05) is 80.9 Å². The number of carbonyl (C=O) groups excluding carboxylic acids is 7. The predicted octanol–water partition coefficient (Wildman–Crippen LogP) is 1.33. The molecule has 3 heterocycles. The Morgan fingerprint density at radius 2 is 1.22 bits per heavy atom. The van der Waals surface area contributed by atoms with Gasteiger partial charge in [0.05, 0.1) is 38.8 Å². The Labute approximate surface area is 566 Å². The summed E-state index contributed by atoms with van der Waals surface area (Å²) >= 11 is 0. The third-order valence-corrected chi connectivity index (χ3v) is 17.4. The Morgan fingerprint density at radius 3 is 1.79 bits per heavy atom. The fourth-order valence-corrected chi connectivity index (χ4v) is 11.8. The number of aryl methyl sites for hydroxylation is 1. The lowest BCUT2D eigenvalue weighted by Crippen LogP contribution is -2.68. The van der Waals surface area contributed by atoms with Gasteiger partial charge in [-0.3, -0.25) is 72.9 Å². The molecule has 2 fully saturated rings. The molecule has 2 saturated heterocycles. The number of halogens is 4. The first kappa shape index (κ1) is 78.4. The maximum absolute atomic E-state index is 15.3. The molecule has 538 valence electrons. The number of nitrogens with zero attached hydrogens (tertiary/aromatic N) is 5. The molecule has 2 aliphatic heterocycles. The molecule has 27 nitrogen and oxygen atoms in total. The quantitative estimate of drug-likeness (QED) is 0.0228. The summed E-state index contributed by atoms with van der Waals surface area (Å²) in [6.07, 6.45) is -3.21. The van der Waals surface area contributed by atoms with E-state index < -0.39 is 102 Å². The van der Waals surface area contributed by atoms with Crippen LogP contribution in [0, 0.1) is 18.7 Å². The van der Waals surface area contributed by atoms with Crippen LogP contribution in [0.25, 0.3) is 10.9 Å². The Kier molecular flexibility index (Phi) is 30.8. The number of aromatic nitrogens is 1. The monoisotopic (exact) mass is 1380 g/mol. The molecule has 4 atom stereocenters. The number of aliphatic carboxylic acids is 3. The molecule has 0 saturated carbocycles. The molecule has 7 amide bonds. The van der Waals surface area contributed by atoms with Gasteiger partial charge >= 0.3 is 24.1 Å². The number of rotatable bonds is 35. The van der Waals surface area contributed by atoms with E-state index in [-0.39, 0.29) is 162 Å². The van der Waals surface area contributed by atoms with Crippen molar-refractivity contribution < 1.29 is 80.8 Å². The molecule has 0 radical (unpaired) electrons. The lowest BCUT2D eigenvalue weighted by Gasteiger charge is -2.42. The number of fused-ring (bicyclic) bond motifs is 1. The summed E-state index contributed by atoms with van der Waals surface area (Å²) in [6.45, 7) is 4.57. The number of alkyl halides is 3. The minimum atomic E-state index is -5.09. The number of hydrogen-bond donors (Lipinski definition) is 12. The van der Waals surface area contributed by atoms with Gasteiger partial charge in [0, 0.05) is 121 Å². The summed E-state index contributed by atoms with van der Waals surface area (Å²) in [7, 11) is 0. The molecule has 3 aromatic carbocycles. The molecule has 2 aliphatic rings. The molecule has 0 unspecified atom stereocenters. The highest BCUT2D eigenvalue weighted by Gasteiger charge is 2.48. The lowest BCUT2D eigenvalue weighted by molar-refractivity contribution is -0.160. The molecule has 6 rings (SSSR count). The number of unbranched alkanes of at least 4 members (excludes halogenated alkanes) is 2. The normalized spacial score (nSPS) is 16.7. The second-order valence-corrected chi connectivity index (χ2v) is 25.6. The number of carboxylic acids is 3. The van der Waals surface area contributed by atoms with Crippen molar-refractivity contribution in [2.75, 3.05) is 111 Å². The standard InChI is InChI=1S/C67H94F4N14O13/c1-44(2)32-53(64(97)80-66(65(98)79-52(62(72)95)35-48-37-75-51-15-10-9-14-49(48)51)19-22-85(23-20-66)58(88)39-73-36-47-18-17-45(3)50(68)33-47)77-55(67(69,70)71)38-76-63(96)54(34-46-12-6-4-7-13-46)78-56(86)16-8-5-11-21-74-57(87)40-81-24-26-82(41-59(89)90)28-30-84(43-61(93)94)31-29-83(27-25-81)42-60(91)92/h4,6-7,9-10,12-15,17-18,33,37,44,52-55,73,75,77H,5,8,11,16,19-32,34-36,38-43H2,1-3H3,(H2,72,95)(H,74,87)(H,76,96)(H,78,86)(H,79,98)(H,80,97)(H,89,90)(H,91,92)(H,93,94)/t52-,53-,54-,55+/m0/s1. The van der Waals surface area contributed by atoms with E-state index in [0.29, 0.717) is 41.5 Å². The average molecular weight is 1380 g/mol. The molecule has 31 heteroatoms. The molecule has 4 aromatic rings. The summed E-state index contributed by atoms with van der Waals surface area (Å²) in [5.41, 5.74) is 7.00. The van der Waals surface area contributed by atoms with Crippen molar-refractivity contribution in [1.29, 1.82) is 0 Å². The first-order chi connectivity index (χ1) is 46.6. The molecule has 0 spiro atoms. The summed E-state index contributed by atoms with van der Waals surface area (Å²) in [5.74, 6) is -9.14. The fraction of sp³-hybridized carbons (Fsp3) is 0.552. The summed E-state index contributed by atoms with van der Waals surface area (Å²) in [4.78, 5) is 143. The van der Waals surface area contributed by atoms with Gasteiger partial charge in [0.1, 0.15) is 29.5 Å². The van der Waals surface area contributed by atoms with Crippen LogP contribution in [-0.2, 0) is 67.3 Å². The van der Waals surface area contributed by atoms with Gasteiger partial charge in [-0.2, -0.15) is 13.2 Å². The Bertz CT molecular complexity index is 3300. The second-order valence-electron chi connectivity index (χ2n) is 25.6. The van der Waals surface area contributed by atoms with E-state index in [0.717, 1.165) is 10.9 Å². The third-order valence-electron chi connectivity index (χ3n) is 17.4. The third kappa shape index (κ3) is 26.3. The Morgan fingerprint density at radius 1 is 0.643 bits per heavy atom. The topological polar surface area (TPSA) is 374 Å². The van der Waals surface area contributed by atoms with Crippen molar-refractivity contribution in [3.05, 3.63) is 107 Å². The largest absolute Gasteiger partial charge is 0.480 e. The minimum Gasteiger partial charge on any atom is -0.480 e. The molecule has 98 heavy (non-hydrogen) atoms. The highest BCUT2D eigenvalue weighted by molar-refractivity contribution is 5.96. The van der Waals surface area contributed by atoms with Gasteiger partial charge in [0.2, 0.25) is 41.4 Å². The lowest BCUT2D eigenvalue weighted by atomic mass is 9.85. The van der Waals surface area contributed by atoms with E-state index in [9.17, 15) is 67.7 Å². The van der Waals surface area contributed by atoms with E-state index in [1.807, 2.05) is 18.2 Å². The zero-order valence-electron chi connectivity index (χ0n) is 55.7. The number of benzene rings is 3. The first-order valence-corrected chi connectivity index (χ1v) is 33.0. The Balaban J connectivity index is 1.07. The first-order valence-electron chi connectivity index (χ1n) is 33.0. The number of hydrogen-bond acceptors (Lipinski definition) is 16. The number of likely N-dealkylation sites (tertiary alicyclic amines) is 1. The summed E-state index contributed by atoms with van der Waals surface area (Å²) < 4.78 is 60.1.